The quantitative estimate of drug-likeness (QED) is 0.203. The van der Waals surface area contributed by atoms with Crippen LogP contribution in [0.5, 0.6) is 0 Å². The van der Waals surface area contributed by atoms with Gasteiger partial charge in [-0.25, -0.2) is 4.98 Å². The molecule has 4 atom stereocenters. The maximum Gasteiger partial charge on any atom is 0.280 e. The van der Waals surface area contributed by atoms with E-state index in [1.54, 1.807) is 24.7 Å². The molecule has 3 heterocycles. The number of carbonyl (C=O) groups excluding carboxylic acids is 1. The van der Waals surface area contributed by atoms with Gasteiger partial charge in [0.1, 0.15) is 6.10 Å². The first-order valence-electron chi connectivity index (χ1n) is 13.6. The molecule has 1 aliphatic rings. The number of hydrogen-bond donors (Lipinski definition) is 2. The van der Waals surface area contributed by atoms with Gasteiger partial charge in [-0.05, 0) is 36.3 Å². The van der Waals surface area contributed by atoms with E-state index in [0.717, 1.165) is 0 Å². The van der Waals surface area contributed by atoms with Gasteiger partial charge in [0.25, 0.3) is 5.56 Å². The first-order chi connectivity index (χ1) is 17.7. The largest absolute Gasteiger partial charge is 0.414 e. The summed E-state index contributed by atoms with van der Waals surface area (Å²) in [5, 5.41) is 2.76. The molecular weight excluding hydrogens is 645 g/mol. The Kier molecular flexibility index (Phi) is 9.36. The van der Waals surface area contributed by atoms with E-state index in [-0.39, 0.29) is 49.5 Å². The lowest BCUT2D eigenvalue weighted by Gasteiger charge is -2.40. The van der Waals surface area contributed by atoms with Gasteiger partial charge in [0.05, 0.1) is 23.0 Å². The van der Waals surface area contributed by atoms with Gasteiger partial charge in [-0.15, -0.1) is 0 Å². The van der Waals surface area contributed by atoms with Crippen LogP contribution in [0.3, 0.4) is 0 Å². The average molecular weight is 692 g/mol. The number of alkyl halides is 1. The maximum absolute atomic E-state index is 12.9. The lowest BCUT2D eigenvalue weighted by Crippen LogP contribution is -2.48. The van der Waals surface area contributed by atoms with Crippen molar-refractivity contribution in [1.29, 1.82) is 0 Å². The van der Waals surface area contributed by atoms with Crippen LogP contribution < -0.4 is 10.9 Å². The third-order valence-electron chi connectivity index (χ3n) is 8.39. The Labute approximate surface area is 247 Å². The van der Waals surface area contributed by atoms with Crippen LogP contribution in [0.1, 0.15) is 61.6 Å². The predicted molar refractivity (Wildman–Crippen MR) is 169 cm³/mol. The van der Waals surface area contributed by atoms with Crippen molar-refractivity contribution in [3.63, 3.8) is 0 Å². The number of H-pyrrole nitrogens is 1. The highest BCUT2D eigenvalue weighted by Gasteiger charge is 2.51. The van der Waals surface area contributed by atoms with E-state index in [4.69, 9.17) is 13.6 Å². The Bertz CT molecular complexity index is 1250. The topological polar surface area (TPSA) is 120 Å². The zero-order valence-electron chi connectivity index (χ0n) is 25.4. The van der Waals surface area contributed by atoms with Crippen LogP contribution in [0, 0.1) is 5.92 Å². The summed E-state index contributed by atoms with van der Waals surface area (Å²) in [6.07, 6.45) is 0.474. The average Bonchev–Trinajstić information content (AvgIpc) is 3.32. The third-order valence-corrected chi connectivity index (χ3v) is 18.9. The van der Waals surface area contributed by atoms with E-state index in [2.05, 4.69) is 111 Å². The summed E-state index contributed by atoms with van der Waals surface area (Å²) in [7, 11) is -4.21. The minimum atomic E-state index is -2.20. The summed E-state index contributed by atoms with van der Waals surface area (Å²) in [6, 6.07) is 0. The molecule has 3 rings (SSSR count). The van der Waals surface area contributed by atoms with E-state index in [9.17, 15) is 9.59 Å². The monoisotopic (exact) mass is 691 g/mol. The highest BCUT2D eigenvalue weighted by Crippen LogP contribution is 2.45. The molecule has 220 valence electrons. The number of amides is 1. The Morgan fingerprint density at radius 2 is 1.74 bits per heavy atom. The van der Waals surface area contributed by atoms with Gasteiger partial charge < -0.3 is 13.6 Å². The number of rotatable bonds is 8. The summed E-state index contributed by atoms with van der Waals surface area (Å²) in [4.78, 5) is 36.7. The first-order valence-corrected chi connectivity index (χ1v) is 20.6. The van der Waals surface area contributed by atoms with Crippen molar-refractivity contribution in [3.8, 4) is 0 Å². The molecule has 2 aromatic rings. The number of ether oxygens (including phenoxy) is 1. The van der Waals surface area contributed by atoms with Crippen molar-refractivity contribution in [2.45, 2.75) is 114 Å². The Balaban J connectivity index is 2.03. The normalized spacial score (nSPS) is 23.1. The number of imidazole rings is 1. The highest BCUT2D eigenvalue weighted by atomic mass is 127. The van der Waals surface area contributed by atoms with Crippen molar-refractivity contribution in [3.05, 3.63) is 16.7 Å². The lowest BCUT2D eigenvalue weighted by molar-refractivity contribution is -0.118. The van der Waals surface area contributed by atoms with Gasteiger partial charge in [0.2, 0.25) is 11.9 Å². The fourth-order valence-corrected chi connectivity index (χ4v) is 7.10. The maximum atomic E-state index is 12.9. The second-order valence-electron chi connectivity index (χ2n) is 13.8. The minimum Gasteiger partial charge on any atom is -0.414 e. The molecule has 0 radical (unpaired) electrons. The number of aromatic nitrogens is 4. The van der Waals surface area contributed by atoms with Crippen LogP contribution >= 0.6 is 22.6 Å². The summed E-state index contributed by atoms with van der Waals surface area (Å²) in [5.41, 5.74) is 0.0842. The molecule has 0 aromatic carbocycles. The standard InChI is InChI=1S/C26H46IN5O5Si2/c1-15(2)21(33)30-24-29-20-18(22(34)31-24)28-14-32(20)23-19(37-39(11,12)26(6,7)8)17(27)16(36-23)13-35-38(9,10)25(3,4)5/h14-17,19,23H,13H2,1-12H3,(H2,29,30,31,33,34)/t16-,17+,19?,23-/m1/s1. The Morgan fingerprint density at radius 3 is 2.28 bits per heavy atom. The van der Waals surface area contributed by atoms with E-state index >= 15 is 0 Å². The van der Waals surface area contributed by atoms with Crippen molar-refractivity contribution < 1.29 is 18.4 Å². The molecule has 1 fully saturated rings. The van der Waals surface area contributed by atoms with Gasteiger partial charge in [-0.2, -0.15) is 4.98 Å². The number of aromatic amines is 1. The first kappa shape index (κ1) is 32.4. The zero-order chi connectivity index (χ0) is 29.7. The van der Waals surface area contributed by atoms with Gasteiger partial charge in [0.15, 0.2) is 34.0 Å². The van der Waals surface area contributed by atoms with E-state index < -0.39 is 28.4 Å². The Hall–Kier alpha value is -1.14. The van der Waals surface area contributed by atoms with Crippen molar-refractivity contribution in [2.75, 3.05) is 11.9 Å². The highest BCUT2D eigenvalue weighted by molar-refractivity contribution is 14.1. The summed E-state index contributed by atoms with van der Waals surface area (Å²) in [5.74, 6) is -0.426. The van der Waals surface area contributed by atoms with Crippen LogP contribution in [0.4, 0.5) is 5.95 Å². The Morgan fingerprint density at radius 1 is 1.15 bits per heavy atom. The van der Waals surface area contributed by atoms with Gasteiger partial charge in [0, 0.05) is 5.92 Å². The zero-order valence-corrected chi connectivity index (χ0v) is 29.6. The fraction of sp³-hybridized carbons (Fsp3) is 0.769. The third kappa shape index (κ3) is 6.85. The molecule has 0 spiro atoms. The second kappa shape index (κ2) is 11.3. The van der Waals surface area contributed by atoms with E-state index in [1.807, 2.05) is 0 Å². The molecule has 0 saturated carbocycles. The second-order valence-corrected chi connectivity index (χ2v) is 24.8. The van der Waals surface area contributed by atoms with Crippen molar-refractivity contribution in [1.82, 2.24) is 19.5 Å². The molecule has 2 aromatic heterocycles. The van der Waals surface area contributed by atoms with E-state index in [1.165, 1.54) is 0 Å². The van der Waals surface area contributed by atoms with Crippen molar-refractivity contribution >= 4 is 62.2 Å². The smallest absolute Gasteiger partial charge is 0.280 e. The molecule has 13 heteroatoms. The van der Waals surface area contributed by atoms with Crippen molar-refractivity contribution in [2.24, 2.45) is 5.92 Å². The van der Waals surface area contributed by atoms with Gasteiger partial charge in [-0.3, -0.25) is 24.5 Å². The number of anilines is 1. The van der Waals surface area contributed by atoms with Crippen LogP contribution in [-0.4, -0.2) is 64.8 Å². The van der Waals surface area contributed by atoms with Crippen LogP contribution in [0.25, 0.3) is 11.2 Å². The van der Waals surface area contributed by atoms with Gasteiger partial charge in [-0.1, -0.05) is 78.0 Å². The number of carbonyl (C=O) groups is 1. The fourth-order valence-electron chi connectivity index (χ4n) is 3.64. The number of halogens is 1. The lowest BCUT2D eigenvalue weighted by atomic mass is 10.2. The SMILES string of the molecule is CC(C)C(=O)Nc1nc2c(ncn2[C@@H]2O[C@H](CO[Si](C)(C)C(C)(C)C)[C@H](I)C2O[Si](C)(C)C(C)(C)C)c(=O)[nH]1. The number of fused-ring (bicyclic) bond motifs is 1. The minimum absolute atomic E-state index is 0.00828. The molecule has 1 unspecified atom stereocenters. The van der Waals surface area contributed by atoms with Crippen LogP contribution in [-0.2, 0) is 18.4 Å². The number of nitrogens with zero attached hydrogens (tertiary/aromatic N) is 3. The molecular formula is C26H46IN5O5Si2. The molecule has 10 nitrogen and oxygen atoms in total. The summed E-state index contributed by atoms with van der Waals surface area (Å²) >= 11 is 2.43. The molecule has 0 bridgehead atoms. The number of nitrogens with one attached hydrogen (secondary N) is 2. The molecule has 1 amide bonds. The van der Waals surface area contributed by atoms with Crippen LogP contribution in [0.15, 0.2) is 11.1 Å². The summed E-state index contributed by atoms with van der Waals surface area (Å²) in [6.45, 7) is 26.2. The molecule has 39 heavy (non-hydrogen) atoms. The summed E-state index contributed by atoms with van der Waals surface area (Å²) < 4.78 is 22.0. The molecule has 0 aliphatic carbocycles. The molecule has 1 saturated heterocycles. The molecule has 2 N–H and O–H groups in total. The molecule has 1 aliphatic heterocycles. The van der Waals surface area contributed by atoms with Gasteiger partial charge >= 0.3 is 0 Å². The number of hydrogen-bond acceptors (Lipinski definition) is 7. The van der Waals surface area contributed by atoms with Crippen LogP contribution in [0.2, 0.25) is 36.3 Å². The van der Waals surface area contributed by atoms with E-state index in [0.29, 0.717) is 12.3 Å². The predicted octanol–water partition coefficient (Wildman–Crippen LogP) is 5.83.